The van der Waals surface area contributed by atoms with Crippen molar-refractivity contribution in [1.29, 1.82) is 0 Å². The van der Waals surface area contributed by atoms with E-state index in [4.69, 9.17) is 5.84 Å². The number of piperazine rings is 1. The van der Waals surface area contributed by atoms with Crippen LogP contribution in [0.5, 0.6) is 0 Å². The monoisotopic (exact) mass is 290 g/mol. The predicted molar refractivity (Wildman–Crippen MR) is 85.3 cm³/mol. The molecule has 0 spiro atoms. The van der Waals surface area contributed by atoms with E-state index in [1.165, 1.54) is 19.4 Å². The summed E-state index contributed by atoms with van der Waals surface area (Å²) in [5.41, 5.74) is 3.83. The number of aromatic nitrogens is 2. The average molecular weight is 290 g/mol. The Kier molecular flexibility index (Phi) is 4.26. The minimum atomic E-state index is 0.344. The van der Waals surface area contributed by atoms with Gasteiger partial charge in [-0.2, -0.15) is 0 Å². The number of hydrogen-bond acceptors (Lipinski definition) is 6. The van der Waals surface area contributed by atoms with Gasteiger partial charge in [-0.25, -0.2) is 15.8 Å². The zero-order valence-corrected chi connectivity index (χ0v) is 13.0. The number of hydrogen-bond donors (Lipinski definition) is 2. The number of hydrazine groups is 1. The molecule has 116 valence electrons. The Labute approximate surface area is 126 Å². The van der Waals surface area contributed by atoms with Crippen LogP contribution in [0.1, 0.15) is 38.2 Å². The number of nitrogens with one attached hydrogen (secondary N) is 1. The molecule has 1 saturated heterocycles. The van der Waals surface area contributed by atoms with E-state index in [0.29, 0.717) is 5.92 Å². The molecule has 2 fully saturated rings. The first-order valence-corrected chi connectivity index (χ1v) is 7.98. The summed E-state index contributed by atoms with van der Waals surface area (Å²) in [4.78, 5) is 13.7. The number of nitrogens with zero attached hydrogens (tertiary/aromatic N) is 4. The van der Waals surface area contributed by atoms with Crippen molar-refractivity contribution in [3.63, 3.8) is 0 Å². The molecule has 0 radical (unpaired) electrons. The summed E-state index contributed by atoms with van der Waals surface area (Å²) in [7, 11) is 0. The fourth-order valence-corrected chi connectivity index (χ4v) is 3.09. The molecule has 0 amide bonds. The Hall–Kier alpha value is -1.40. The van der Waals surface area contributed by atoms with Gasteiger partial charge in [0.15, 0.2) is 0 Å². The van der Waals surface area contributed by atoms with E-state index in [2.05, 4.69) is 39.0 Å². The Morgan fingerprint density at radius 1 is 1.24 bits per heavy atom. The standard InChI is InChI=1S/C15H26N6/c1-11(2)13-14(19-16)17-10-18-15(13)21-7-5-20(6-8-21)9-12-3-4-12/h10-12H,3-9,16H2,1-2H3,(H,17,18,19). The summed E-state index contributed by atoms with van der Waals surface area (Å²) in [5, 5.41) is 0. The predicted octanol–water partition coefficient (Wildman–Crippen LogP) is 1.42. The first-order chi connectivity index (χ1) is 10.2. The van der Waals surface area contributed by atoms with Gasteiger partial charge in [0.1, 0.15) is 18.0 Å². The van der Waals surface area contributed by atoms with Gasteiger partial charge in [0, 0.05) is 38.3 Å². The molecule has 1 aromatic rings. The SMILES string of the molecule is CC(C)c1c(NN)ncnc1N1CCN(CC2CC2)CC1. The van der Waals surface area contributed by atoms with Crippen LogP contribution in [-0.2, 0) is 0 Å². The molecule has 2 aliphatic rings. The Morgan fingerprint density at radius 3 is 2.52 bits per heavy atom. The van der Waals surface area contributed by atoms with Crippen molar-refractivity contribution in [2.45, 2.75) is 32.6 Å². The zero-order valence-electron chi connectivity index (χ0n) is 13.0. The van der Waals surface area contributed by atoms with Crippen molar-refractivity contribution in [3.8, 4) is 0 Å². The van der Waals surface area contributed by atoms with Crippen LogP contribution in [0.25, 0.3) is 0 Å². The van der Waals surface area contributed by atoms with Crippen LogP contribution in [0, 0.1) is 5.92 Å². The van der Waals surface area contributed by atoms with Crippen LogP contribution in [0.15, 0.2) is 6.33 Å². The lowest BCUT2D eigenvalue weighted by Crippen LogP contribution is -2.47. The molecule has 1 saturated carbocycles. The smallest absolute Gasteiger partial charge is 0.148 e. The van der Waals surface area contributed by atoms with Crippen LogP contribution in [-0.4, -0.2) is 47.6 Å². The molecule has 6 heteroatoms. The molecule has 2 heterocycles. The highest BCUT2D eigenvalue weighted by Crippen LogP contribution is 2.32. The minimum Gasteiger partial charge on any atom is -0.354 e. The Balaban J connectivity index is 1.72. The second-order valence-electron chi connectivity index (χ2n) is 6.49. The number of nitrogen functional groups attached to an aromatic ring is 1. The van der Waals surface area contributed by atoms with Gasteiger partial charge in [-0.3, -0.25) is 4.90 Å². The highest BCUT2D eigenvalue weighted by Gasteiger charge is 2.28. The summed E-state index contributed by atoms with van der Waals surface area (Å²) >= 11 is 0. The van der Waals surface area contributed by atoms with Gasteiger partial charge in [-0.05, 0) is 24.7 Å². The van der Waals surface area contributed by atoms with Crippen molar-refractivity contribution >= 4 is 11.6 Å². The van der Waals surface area contributed by atoms with E-state index in [1.807, 2.05) is 0 Å². The van der Waals surface area contributed by atoms with Gasteiger partial charge in [-0.15, -0.1) is 0 Å². The zero-order chi connectivity index (χ0) is 14.8. The third-order valence-corrected chi connectivity index (χ3v) is 4.46. The second kappa shape index (κ2) is 6.15. The lowest BCUT2D eigenvalue weighted by atomic mass is 10.0. The molecular weight excluding hydrogens is 264 g/mol. The summed E-state index contributed by atoms with van der Waals surface area (Å²) in [5.74, 6) is 8.70. The maximum Gasteiger partial charge on any atom is 0.148 e. The number of rotatable bonds is 5. The normalized spacial score (nSPS) is 20.1. The van der Waals surface area contributed by atoms with Gasteiger partial charge in [0.2, 0.25) is 0 Å². The molecule has 1 aliphatic carbocycles. The van der Waals surface area contributed by atoms with Crippen LogP contribution in [0.2, 0.25) is 0 Å². The topological polar surface area (TPSA) is 70.3 Å². The quantitative estimate of drug-likeness (QED) is 0.631. The fraction of sp³-hybridized carbons (Fsp3) is 0.733. The van der Waals surface area contributed by atoms with E-state index in [1.54, 1.807) is 6.33 Å². The number of anilines is 2. The first kappa shape index (κ1) is 14.5. The van der Waals surface area contributed by atoms with Gasteiger partial charge in [0.25, 0.3) is 0 Å². The molecular formula is C15H26N6. The highest BCUT2D eigenvalue weighted by atomic mass is 15.3. The molecule has 6 nitrogen and oxygen atoms in total. The first-order valence-electron chi connectivity index (χ1n) is 7.98. The van der Waals surface area contributed by atoms with E-state index in [-0.39, 0.29) is 0 Å². The summed E-state index contributed by atoms with van der Waals surface area (Å²) in [6.07, 6.45) is 4.46. The van der Waals surface area contributed by atoms with E-state index in [9.17, 15) is 0 Å². The van der Waals surface area contributed by atoms with Crippen molar-refractivity contribution in [1.82, 2.24) is 14.9 Å². The molecule has 3 N–H and O–H groups in total. The van der Waals surface area contributed by atoms with Crippen LogP contribution in [0.3, 0.4) is 0 Å². The van der Waals surface area contributed by atoms with Crippen molar-refractivity contribution in [3.05, 3.63) is 11.9 Å². The summed E-state index contributed by atoms with van der Waals surface area (Å²) in [6.45, 7) is 9.93. The fourth-order valence-electron chi connectivity index (χ4n) is 3.09. The largest absolute Gasteiger partial charge is 0.354 e. The number of nitrogens with two attached hydrogens (primary N) is 1. The Morgan fingerprint density at radius 2 is 1.95 bits per heavy atom. The third-order valence-electron chi connectivity index (χ3n) is 4.46. The molecule has 3 rings (SSSR count). The maximum atomic E-state index is 5.60. The summed E-state index contributed by atoms with van der Waals surface area (Å²) < 4.78 is 0. The van der Waals surface area contributed by atoms with E-state index in [0.717, 1.165) is 49.3 Å². The van der Waals surface area contributed by atoms with Gasteiger partial charge in [0.05, 0.1) is 0 Å². The molecule has 0 bridgehead atoms. The van der Waals surface area contributed by atoms with Crippen LogP contribution >= 0.6 is 0 Å². The third kappa shape index (κ3) is 3.27. The van der Waals surface area contributed by atoms with Crippen LogP contribution in [0.4, 0.5) is 11.6 Å². The van der Waals surface area contributed by atoms with Gasteiger partial charge < -0.3 is 10.3 Å². The van der Waals surface area contributed by atoms with Gasteiger partial charge >= 0.3 is 0 Å². The lowest BCUT2D eigenvalue weighted by molar-refractivity contribution is 0.247. The average Bonchev–Trinajstić information content (AvgIpc) is 3.31. The lowest BCUT2D eigenvalue weighted by Gasteiger charge is -2.36. The summed E-state index contributed by atoms with van der Waals surface area (Å²) in [6, 6.07) is 0. The van der Waals surface area contributed by atoms with E-state index >= 15 is 0 Å². The van der Waals surface area contributed by atoms with Gasteiger partial charge in [-0.1, -0.05) is 13.8 Å². The molecule has 0 unspecified atom stereocenters. The van der Waals surface area contributed by atoms with Crippen LogP contribution < -0.4 is 16.2 Å². The molecule has 1 aliphatic heterocycles. The molecule has 1 aromatic heterocycles. The minimum absolute atomic E-state index is 0.344. The Bertz CT molecular complexity index is 477. The maximum absolute atomic E-state index is 5.60. The van der Waals surface area contributed by atoms with E-state index < -0.39 is 0 Å². The molecule has 0 atom stereocenters. The molecule has 0 aromatic carbocycles. The van der Waals surface area contributed by atoms with Crippen molar-refractivity contribution in [2.75, 3.05) is 43.0 Å². The molecule has 21 heavy (non-hydrogen) atoms. The van der Waals surface area contributed by atoms with Crippen molar-refractivity contribution in [2.24, 2.45) is 11.8 Å². The second-order valence-corrected chi connectivity index (χ2v) is 6.49. The highest BCUT2D eigenvalue weighted by molar-refractivity contribution is 5.60. The van der Waals surface area contributed by atoms with Crippen molar-refractivity contribution < 1.29 is 0 Å².